The molecule has 0 spiro atoms. The molecule has 0 aliphatic carbocycles. The maximum absolute atomic E-state index is 6.45. The van der Waals surface area contributed by atoms with Crippen LogP contribution in [-0.4, -0.2) is 6.54 Å². The topological polar surface area (TPSA) is 23.8 Å². The van der Waals surface area contributed by atoms with Crippen molar-refractivity contribution in [2.75, 3.05) is 6.54 Å². The Morgan fingerprint density at radius 2 is 1.80 bits per heavy atom. The van der Waals surface area contributed by atoms with Gasteiger partial charge in [-0.3, -0.25) is 0 Å². The van der Waals surface area contributed by atoms with Gasteiger partial charge in [0, 0.05) is 25.8 Å². The van der Waals surface area contributed by atoms with Crippen molar-refractivity contribution in [1.29, 1.82) is 0 Å². The molecule has 0 aromatic rings. The fraction of sp³-hybridized carbons (Fsp3) is 1.00. The van der Waals surface area contributed by atoms with Crippen molar-refractivity contribution in [2.45, 2.75) is 13.3 Å². The summed E-state index contributed by atoms with van der Waals surface area (Å²) >= 11 is 0. The third-order valence-electron chi connectivity index (χ3n) is 0.250. The predicted molar refractivity (Wildman–Crippen MR) is 19.5 cm³/mol. The van der Waals surface area contributed by atoms with Crippen LogP contribution in [0.3, 0.4) is 0 Å². The second-order valence-corrected chi connectivity index (χ2v) is 0.750. The van der Waals surface area contributed by atoms with Gasteiger partial charge in [-0.2, -0.15) is 6.54 Å². The van der Waals surface area contributed by atoms with Gasteiger partial charge in [-0.25, -0.2) is 0 Å². The van der Waals surface area contributed by atoms with Gasteiger partial charge >= 0.3 is 0 Å². The third kappa shape index (κ3) is 11.6. The molecular weight excluding hydrogens is 229 g/mol. The van der Waals surface area contributed by atoms with Crippen molar-refractivity contribution in [3.05, 3.63) is 5.73 Å². The van der Waals surface area contributed by atoms with Gasteiger partial charge in [-0.05, 0) is 0 Å². The quantitative estimate of drug-likeness (QED) is 0.616. The zero-order chi connectivity index (χ0) is 3.41. The van der Waals surface area contributed by atoms with E-state index in [0.29, 0.717) is 6.54 Å². The van der Waals surface area contributed by atoms with Gasteiger partial charge in [0.25, 0.3) is 0 Å². The number of hydrogen-bond acceptors (Lipinski definition) is 0. The van der Waals surface area contributed by atoms with Crippen LogP contribution in [0.15, 0.2) is 0 Å². The molecule has 0 radical (unpaired) electrons. The van der Waals surface area contributed by atoms with E-state index in [0.717, 1.165) is 6.42 Å². The van der Waals surface area contributed by atoms with E-state index in [-0.39, 0.29) is 25.8 Å². The Morgan fingerprint density at radius 3 is 1.80 bits per heavy atom. The first-order chi connectivity index (χ1) is 1.91. The molecule has 0 saturated heterocycles. The summed E-state index contributed by atoms with van der Waals surface area (Å²) in [4.78, 5) is 0. The molecule has 0 aliphatic rings. The van der Waals surface area contributed by atoms with Gasteiger partial charge < -0.3 is 5.73 Å². The Morgan fingerprint density at radius 1 is 1.60 bits per heavy atom. The second-order valence-electron chi connectivity index (χ2n) is 0.750. The summed E-state index contributed by atoms with van der Waals surface area (Å²) in [6.45, 7) is 2.56. The van der Waals surface area contributed by atoms with Crippen LogP contribution < -0.4 is 0 Å². The Balaban J connectivity index is 0. The first-order valence-electron chi connectivity index (χ1n) is 1.56. The van der Waals surface area contributed by atoms with E-state index in [1.165, 1.54) is 0 Å². The van der Waals surface area contributed by atoms with Crippen LogP contribution in [0.4, 0.5) is 0 Å². The first-order valence-corrected chi connectivity index (χ1v) is 1.56. The molecule has 0 aromatic carbocycles. The van der Waals surface area contributed by atoms with E-state index >= 15 is 0 Å². The van der Waals surface area contributed by atoms with Crippen molar-refractivity contribution in [3.63, 3.8) is 0 Å². The molecule has 0 bridgehead atoms. The summed E-state index contributed by atoms with van der Waals surface area (Å²) in [6.07, 6.45) is 0.986. The minimum absolute atomic E-state index is 0. The largest absolute Gasteiger partial charge is 0.677 e. The molecule has 0 rings (SSSR count). The normalized spacial score (nSPS) is 6.00. The zero-order valence-corrected chi connectivity index (χ0v) is 7.01. The van der Waals surface area contributed by atoms with E-state index in [1.54, 1.807) is 0 Å². The van der Waals surface area contributed by atoms with Crippen LogP contribution in [0.2, 0.25) is 0 Å². The van der Waals surface area contributed by atoms with E-state index in [2.05, 4.69) is 0 Å². The molecule has 2 heteroatoms. The molecule has 5 heavy (non-hydrogen) atoms. The maximum Gasteiger partial charge on any atom is 0 e. The molecule has 0 amide bonds. The molecule has 0 aromatic heterocycles. The molecule has 0 heterocycles. The molecule has 0 aliphatic heterocycles. The molecule has 0 saturated carbocycles. The molecule has 30 valence electrons. The average Bonchev–Trinajstić information content (AvgIpc) is 1.37. The summed E-state index contributed by atoms with van der Waals surface area (Å²) in [7, 11) is 0. The maximum atomic E-state index is 6.45. The van der Waals surface area contributed by atoms with Crippen molar-refractivity contribution < 1.29 is 25.8 Å². The number of nitrogens with one attached hydrogen (secondary N) is 1. The summed E-state index contributed by atoms with van der Waals surface area (Å²) < 4.78 is 0. The van der Waals surface area contributed by atoms with Crippen LogP contribution in [0.25, 0.3) is 5.73 Å². The van der Waals surface area contributed by atoms with Crippen LogP contribution in [0, 0.1) is 0 Å². The van der Waals surface area contributed by atoms with Crippen molar-refractivity contribution in [2.24, 2.45) is 0 Å². The van der Waals surface area contributed by atoms with E-state index in [4.69, 9.17) is 5.73 Å². The van der Waals surface area contributed by atoms with E-state index in [9.17, 15) is 0 Å². The zero-order valence-electron chi connectivity index (χ0n) is 3.41. The molecule has 0 atom stereocenters. The SMILES string of the molecule is CCC[NH-].[Hf]. The fourth-order valence-corrected chi connectivity index (χ4v) is 0. The van der Waals surface area contributed by atoms with Gasteiger partial charge in [-0.1, -0.05) is 13.3 Å². The fourth-order valence-electron chi connectivity index (χ4n) is 0. The Bertz CT molecular complexity index is 8.85. The molecule has 1 N–H and O–H groups in total. The van der Waals surface area contributed by atoms with Crippen molar-refractivity contribution >= 4 is 0 Å². The Kier molecular flexibility index (Phi) is 16.4. The first kappa shape index (κ1) is 9.27. The van der Waals surface area contributed by atoms with Gasteiger partial charge in [-0.15, -0.1) is 0 Å². The molecule has 1 nitrogen and oxygen atoms in total. The molecule has 0 fully saturated rings. The summed E-state index contributed by atoms with van der Waals surface area (Å²) in [6, 6.07) is 0. The van der Waals surface area contributed by atoms with E-state index < -0.39 is 0 Å². The van der Waals surface area contributed by atoms with Crippen LogP contribution >= 0.6 is 0 Å². The minimum Gasteiger partial charge on any atom is -0.677 e. The van der Waals surface area contributed by atoms with Gasteiger partial charge in [0.1, 0.15) is 0 Å². The molecular formula is C3H8HfN-. The van der Waals surface area contributed by atoms with Gasteiger partial charge in [0.2, 0.25) is 0 Å². The van der Waals surface area contributed by atoms with Crippen molar-refractivity contribution in [3.8, 4) is 0 Å². The van der Waals surface area contributed by atoms with Crippen LogP contribution in [0.1, 0.15) is 13.3 Å². The smallest absolute Gasteiger partial charge is 0 e. The van der Waals surface area contributed by atoms with E-state index in [1.807, 2.05) is 6.92 Å². The number of hydrogen-bond donors (Lipinski definition) is 0. The van der Waals surface area contributed by atoms with Crippen LogP contribution in [-0.2, 0) is 25.8 Å². The standard InChI is InChI=1S/C3H8N.Hf/c1-2-3-4;/h4H,2-3H2,1H3;/q-1;. The minimum atomic E-state index is 0. The van der Waals surface area contributed by atoms with Crippen molar-refractivity contribution in [1.82, 2.24) is 0 Å². The van der Waals surface area contributed by atoms with Gasteiger partial charge in [0.05, 0.1) is 0 Å². The number of rotatable bonds is 1. The Labute approximate surface area is 51.7 Å². The summed E-state index contributed by atoms with van der Waals surface area (Å²) in [5.74, 6) is 0. The second kappa shape index (κ2) is 8.85. The molecule has 0 unspecified atom stereocenters. The monoisotopic (exact) mass is 238 g/mol. The third-order valence-corrected chi connectivity index (χ3v) is 0.250. The Hall–Kier alpha value is 0.830. The predicted octanol–water partition coefficient (Wildman–Crippen LogP) is 1.45. The summed E-state index contributed by atoms with van der Waals surface area (Å²) in [5.41, 5.74) is 6.45. The van der Waals surface area contributed by atoms with Crippen LogP contribution in [0.5, 0.6) is 0 Å². The average molecular weight is 237 g/mol. The summed E-state index contributed by atoms with van der Waals surface area (Å²) in [5, 5.41) is 0. The van der Waals surface area contributed by atoms with Gasteiger partial charge in [0.15, 0.2) is 0 Å².